The lowest BCUT2D eigenvalue weighted by atomic mass is 10.2. The fourth-order valence-electron chi connectivity index (χ4n) is 2.54. The van der Waals surface area contributed by atoms with Crippen LogP contribution in [0.25, 0.3) is 11.2 Å². The van der Waals surface area contributed by atoms with Gasteiger partial charge in [0.05, 0.1) is 6.33 Å². The molecule has 96 valence electrons. The fourth-order valence-corrected chi connectivity index (χ4v) is 3.88. The third-order valence-electron chi connectivity index (χ3n) is 3.37. The summed E-state index contributed by atoms with van der Waals surface area (Å²) in [7, 11) is 0. The summed E-state index contributed by atoms with van der Waals surface area (Å²) >= 11 is 1.85. The summed E-state index contributed by atoms with van der Waals surface area (Å²) in [6, 6.07) is 0.605. The number of hydrogen-bond donors (Lipinski definition) is 2. The Hall–Kier alpha value is -1.14. The summed E-state index contributed by atoms with van der Waals surface area (Å²) in [5.41, 5.74) is 1.72. The molecular weight excluding hydrogens is 246 g/mol. The van der Waals surface area contributed by atoms with Crippen molar-refractivity contribution >= 4 is 22.9 Å². The molecule has 1 saturated carbocycles. The lowest BCUT2D eigenvalue weighted by Gasteiger charge is -2.19. The van der Waals surface area contributed by atoms with Crippen molar-refractivity contribution in [2.75, 3.05) is 6.54 Å². The van der Waals surface area contributed by atoms with Gasteiger partial charge >= 0.3 is 0 Å². The van der Waals surface area contributed by atoms with E-state index < -0.39 is 0 Å². The Kier molecular flexibility index (Phi) is 3.47. The van der Waals surface area contributed by atoms with Crippen LogP contribution in [0.5, 0.6) is 0 Å². The van der Waals surface area contributed by atoms with Gasteiger partial charge in [0.25, 0.3) is 0 Å². The average Bonchev–Trinajstić information content (AvgIpc) is 3.00. The van der Waals surface area contributed by atoms with Crippen LogP contribution in [0.4, 0.5) is 0 Å². The number of thioether (sulfide) groups is 1. The standard InChI is InChI=1S/C12H17N5S/c1-2-13-8-4-3-5-9(8)18-12-10-11(15-6-14-10)16-7-17-12/h6-9,13H,2-5H2,1H3,(H,14,15,16,17). The molecule has 0 bridgehead atoms. The monoisotopic (exact) mass is 263 g/mol. The van der Waals surface area contributed by atoms with Crippen LogP contribution in [0, 0.1) is 0 Å². The Morgan fingerprint density at radius 1 is 1.39 bits per heavy atom. The second-order valence-electron chi connectivity index (χ2n) is 4.53. The van der Waals surface area contributed by atoms with Crippen LogP contribution in [-0.4, -0.2) is 37.8 Å². The molecule has 1 fully saturated rings. The molecule has 2 unspecified atom stereocenters. The number of aromatic nitrogens is 4. The Labute approximate surface area is 110 Å². The van der Waals surface area contributed by atoms with Gasteiger partial charge in [-0.1, -0.05) is 25.1 Å². The maximum Gasteiger partial charge on any atom is 0.181 e. The largest absolute Gasteiger partial charge is 0.341 e. The highest BCUT2D eigenvalue weighted by atomic mass is 32.2. The molecule has 0 saturated heterocycles. The SMILES string of the molecule is CCNC1CCCC1Sc1ncnc2nc[nH]c12. The van der Waals surface area contributed by atoms with E-state index in [9.17, 15) is 0 Å². The van der Waals surface area contributed by atoms with Crippen molar-refractivity contribution in [1.82, 2.24) is 25.3 Å². The van der Waals surface area contributed by atoms with E-state index in [1.54, 1.807) is 12.7 Å². The van der Waals surface area contributed by atoms with Gasteiger partial charge < -0.3 is 10.3 Å². The molecule has 3 rings (SSSR count). The summed E-state index contributed by atoms with van der Waals surface area (Å²) < 4.78 is 0. The van der Waals surface area contributed by atoms with Gasteiger partial charge in [0.15, 0.2) is 5.65 Å². The Balaban J connectivity index is 1.81. The van der Waals surface area contributed by atoms with Crippen molar-refractivity contribution in [3.05, 3.63) is 12.7 Å². The number of nitrogens with zero attached hydrogens (tertiary/aromatic N) is 3. The maximum atomic E-state index is 4.39. The topological polar surface area (TPSA) is 66.5 Å². The van der Waals surface area contributed by atoms with Crippen LogP contribution >= 0.6 is 11.8 Å². The van der Waals surface area contributed by atoms with Crippen LogP contribution in [0.1, 0.15) is 26.2 Å². The Bertz CT molecular complexity index is 526. The van der Waals surface area contributed by atoms with E-state index in [0.29, 0.717) is 11.3 Å². The molecule has 2 aromatic rings. The van der Waals surface area contributed by atoms with Crippen molar-refractivity contribution in [2.45, 2.75) is 42.5 Å². The van der Waals surface area contributed by atoms with Crippen LogP contribution in [-0.2, 0) is 0 Å². The van der Waals surface area contributed by atoms with E-state index in [2.05, 4.69) is 32.2 Å². The zero-order valence-corrected chi connectivity index (χ0v) is 11.2. The lowest BCUT2D eigenvalue weighted by molar-refractivity contribution is 0.550. The summed E-state index contributed by atoms with van der Waals surface area (Å²) in [5.74, 6) is 0. The summed E-state index contributed by atoms with van der Waals surface area (Å²) in [6.07, 6.45) is 7.10. The molecule has 18 heavy (non-hydrogen) atoms. The number of rotatable bonds is 4. The minimum atomic E-state index is 0.603. The molecule has 2 N–H and O–H groups in total. The molecule has 0 aromatic carbocycles. The number of fused-ring (bicyclic) bond motifs is 1. The smallest absolute Gasteiger partial charge is 0.181 e. The van der Waals surface area contributed by atoms with Crippen molar-refractivity contribution in [3.8, 4) is 0 Å². The maximum absolute atomic E-state index is 4.39. The zero-order valence-electron chi connectivity index (χ0n) is 10.4. The van der Waals surface area contributed by atoms with Crippen molar-refractivity contribution < 1.29 is 0 Å². The van der Waals surface area contributed by atoms with E-state index in [0.717, 1.165) is 22.7 Å². The van der Waals surface area contributed by atoms with Gasteiger partial charge in [0, 0.05) is 11.3 Å². The van der Waals surface area contributed by atoms with Gasteiger partial charge in [-0.25, -0.2) is 15.0 Å². The molecule has 2 heterocycles. The fraction of sp³-hybridized carbons (Fsp3) is 0.583. The van der Waals surface area contributed by atoms with E-state index in [1.807, 2.05) is 11.8 Å². The first-order valence-electron chi connectivity index (χ1n) is 6.42. The minimum Gasteiger partial charge on any atom is -0.341 e. The number of imidazole rings is 1. The predicted molar refractivity (Wildman–Crippen MR) is 72.6 cm³/mol. The van der Waals surface area contributed by atoms with Crippen molar-refractivity contribution in [3.63, 3.8) is 0 Å². The van der Waals surface area contributed by atoms with Crippen LogP contribution < -0.4 is 5.32 Å². The third kappa shape index (κ3) is 2.22. The Morgan fingerprint density at radius 2 is 2.33 bits per heavy atom. The molecule has 0 aliphatic heterocycles. The Morgan fingerprint density at radius 3 is 3.22 bits per heavy atom. The van der Waals surface area contributed by atoms with Gasteiger partial charge in [-0.05, 0) is 19.4 Å². The van der Waals surface area contributed by atoms with Gasteiger partial charge in [0.2, 0.25) is 0 Å². The predicted octanol–water partition coefficient (Wildman–Crippen LogP) is 1.98. The normalized spacial score (nSPS) is 23.8. The molecule has 1 aliphatic carbocycles. The van der Waals surface area contributed by atoms with Crippen molar-refractivity contribution in [1.29, 1.82) is 0 Å². The third-order valence-corrected chi connectivity index (χ3v) is 4.77. The highest BCUT2D eigenvalue weighted by molar-refractivity contribution is 8.00. The number of hydrogen-bond acceptors (Lipinski definition) is 5. The number of nitrogens with one attached hydrogen (secondary N) is 2. The molecule has 0 spiro atoms. The molecule has 2 atom stereocenters. The molecule has 2 aromatic heterocycles. The van der Waals surface area contributed by atoms with Crippen LogP contribution in [0.2, 0.25) is 0 Å². The van der Waals surface area contributed by atoms with Gasteiger partial charge in [0.1, 0.15) is 16.9 Å². The van der Waals surface area contributed by atoms with E-state index >= 15 is 0 Å². The first kappa shape index (κ1) is 11.9. The summed E-state index contributed by atoms with van der Waals surface area (Å²) in [5, 5.41) is 5.19. The van der Waals surface area contributed by atoms with Crippen LogP contribution in [0.3, 0.4) is 0 Å². The quantitative estimate of drug-likeness (QED) is 0.826. The summed E-state index contributed by atoms with van der Waals surface area (Å²) in [4.78, 5) is 15.8. The van der Waals surface area contributed by atoms with Crippen LogP contribution in [0.15, 0.2) is 17.7 Å². The minimum absolute atomic E-state index is 0.603. The first-order valence-corrected chi connectivity index (χ1v) is 7.30. The second kappa shape index (κ2) is 5.24. The second-order valence-corrected chi connectivity index (χ2v) is 5.76. The molecule has 0 amide bonds. The molecular formula is C12H17N5S. The van der Waals surface area contributed by atoms with E-state index in [4.69, 9.17) is 0 Å². The number of aromatic amines is 1. The van der Waals surface area contributed by atoms with Gasteiger partial charge in [-0.2, -0.15) is 0 Å². The molecule has 0 radical (unpaired) electrons. The highest BCUT2D eigenvalue weighted by Crippen LogP contribution is 2.35. The molecule has 6 heteroatoms. The molecule has 5 nitrogen and oxygen atoms in total. The van der Waals surface area contributed by atoms with Gasteiger partial charge in [-0.15, -0.1) is 0 Å². The summed E-state index contributed by atoms with van der Waals surface area (Å²) in [6.45, 7) is 3.20. The zero-order chi connectivity index (χ0) is 12.4. The van der Waals surface area contributed by atoms with E-state index in [1.165, 1.54) is 19.3 Å². The molecule has 1 aliphatic rings. The van der Waals surface area contributed by atoms with Crippen molar-refractivity contribution in [2.24, 2.45) is 0 Å². The number of H-pyrrole nitrogens is 1. The lowest BCUT2D eigenvalue weighted by Crippen LogP contribution is -2.33. The average molecular weight is 263 g/mol. The van der Waals surface area contributed by atoms with E-state index in [-0.39, 0.29) is 0 Å². The van der Waals surface area contributed by atoms with Gasteiger partial charge in [-0.3, -0.25) is 0 Å². The highest BCUT2D eigenvalue weighted by Gasteiger charge is 2.28. The first-order chi connectivity index (χ1) is 8.88.